The summed E-state index contributed by atoms with van der Waals surface area (Å²) < 4.78 is 0. The normalized spacial score (nSPS) is 15.9. The molecule has 22 heavy (non-hydrogen) atoms. The van der Waals surface area contributed by atoms with E-state index in [9.17, 15) is 0 Å². The molecule has 0 saturated carbocycles. The number of pyridine rings is 1. The van der Waals surface area contributed by atoms with E-state index in [4.69, 9.17) is 4.98 Å². The molecule has 4 heteroatoms. The molecule has 0 aliphatic carbocycles. The Morgan fingerprint density at radius 2 is 1.91 bits per heavy atom. The lowest BCUT2D eigenvalue weighted by molar-refractivity contribution is 0.724. The Morgan fingerprint density at radius 1 is 0.955 bits per heavy atom. The molecule has 0 amide bonds. The van der Waals surface area contributed by atoms with Gasteiger partial charge in [-0.3, -0.25) is 0 Å². The number of anilines is 1. The van der Waals surface area contributed by atoms with Crippen molar-refractivity contribution in [3.8, 4) is 11.4 Å². The van der Waals surface area contributed by atoms with Crippen molar-refractivity contribution < 1.29 is 0 Å². The molecule has 0 atom stereocenters. The molecular formula is C18H20N4. The highest BCUT2D eigenvalue weighted by molar-refractivity contribution is 5.85. The maximum atomic E-state index is 4.87. The van der Waals surface area contributed by atoms with Crippen molar-refractivity contribution in [1.82, 2.24) is 15.3 Å². The summed E-state index contributed by atoms with van der Waals surface area (Å²) in [6, 6.07) is 16.8. The molecule has 4 rings (SSSR count). The smallest absolute Gasteiger partial charge is 0.129 e. The molecule has 4 nitrogen and oxygen atoms in total. The number of hydrogen-bond donors (Lipinski definition) is 2. The third-order valence-electron chi connectivity index (χ3n) is 4.20. The zero-order valence-corrected chi connectivity index (χ0v) is 12.5. The Bertz CT molecular complexity index is 736. The standard InChI is InChI=1S/C18H20N4/c1-2-6-15-14(5-1)13-17(20-15)16-7-3-8-18(21-16)22-11-4-9-19-10-12-22/h1-3,5-8,13,19-20H,4,9-12H2. The Balaban J connectivity index is 1.68. The first-order valence-corrected chi connectivity index (χ1v) is 7.91. The van der Waals surface area contributed by atoms with Gasteiger partial charge in [0.2, 0.25) is 0 Å². The molecule has 1 aliphatic heterocycles. The molecule has 1 aromatic carbocycles. The lowest BCUT2D eigenvalue weighted by Gasteiger charge is -2.21. The topological polar surface area (TPSA) is 44.0 Å². The quantitative estimate of drug-likeness (QED) is 0.763. The molecule has 0 spiro atoms. The molecule has 1 fully saturated rings. The second-order valence-electron chi connectivity index (χ2n) is 5.74. The summed E-state index contributed by atoms with van der Waals surface area (Å²) in [6.45, 7) is 4.20. The average Bonchev–Trinajstić information content (AvgIpc) is 2.81. The Morgan fingerprint density at radius 3 is 2.86 bits per heavy atom. The molecule has 112 valence electrons. The van der Waals surface area contributed by atoms with E-state index in [0.29, 0.717) is 0 Å². The van der Waals surface area contributed by atoms with Crippen molar-refractivity contribution in [2.45, 2.75) is 6.42 Å². The Labute approximate surface area is 130 Å². The van der Waals surface area contributed by atoms with Crippen LogP contribution in [0.5, 0.6) is 0 Å². The molecule has 1 saturated heterocycles. The maximum Gasteiger partial charge on any atom is 0.129 e. The van der Waals surface area contributed by atoms with E-state index in [-0.39, 0.29) is 0 Å². The molecule has 3 aromatic rings. The third kappa shape index (κ3) is 2.57. The monoisotopic (exact) mass is 292 g/mol. The number of para-hydroxylation sites is 1. The summed E-state index contributed by atoms with van der Waals surface area (Å²) in [5.74, 6) is 1.07. The van der Waals surface area contributed by atoms with Crippen molar-refractivity contribution in [1.29, 1.82) is 0 Å². The average molecular weight is 292 g/mol. The SMILES string of the molecule is c1cc(-c2cc3ccccc3[nH]2)nc(N2CCCNCC2)c1. The van der Waals surface area contributed by atoms with Crippen molar-refractivity contribution in [2.24, 2.45) is 0 Å². The Kier molecular flexibility index (Phi) is 3.52. The van der Waals surface area contributed by atoms with Gasteiger partial charge in [-0.25, -0.2) is 4.98 Å². The van der Waals surface area contributed by atoms with Crippen LogP contribution in [-0.2, 0) is 0 Å². The predicted molar refractivity (Wildman–Crippen MR) is 91.2 cm³/mol. The molecule has 3 heterocycles. The van der Waals surface area contributed by atoms with Gasteiger partial charge in [-0.2, -0.15) is 0 Å². The van der Waals surface area contributed by atoms with Crippen molar-refractivity contribution in [3.05, 3.63) is 48.5 Å². The van der Waals surface area contributed by atoms with E-state index < -0.39 is 0 Å². The zero-order valence-electron chi connectivity index (χ0n) is 12.5. The summed E-state index contributed by atoms with van der Waals surface area (Å²) in [6.07, 6.45) is 1.16. The lowest BCUT2D eigenvalue weighted by atomic mass is 10.2. The molecule has 0 bridgehead atoms. The number of hydrogen-bond acceptors (Lipinski definition) is 3. The molecular weight excluding hydrogens is 272 g/mol. The fourth-order valence-corrected chi connectivity index (χ4v) is 3.04. The number of H-pyrrole nitrogens is 1. The minimum atomic E-state index is 1.01. The van der Waals surface area contributed by atoms with Gasteiger partial charge in [-0.05, 0) is 37.2 Å². The molecule has 2 N–H and O–H groups in total. The first-order chi connectivity index (χ1) is 10.9. The number of benzene rings is 1. The van der Waals surface area contributed by atoms with Crippen LogP contribution in [0.25, 0.3) is 22.3 Å². The highest BCUT2D eigenvalue weighted by atomic mass is 15.2. The van der Waals surface area contributed by atoms with Crippen LogP contribution in [0, 0.1) is 0 Å². The van der Waals surface area contributed by atoms with Gasteiger partial charge < -0.3 is 15.2 Å². The summed E-state index contributed by atoms with van der Waals surface area (Å²) in [7, 11) is 0. The van der Waals surface area contributed by atoms with E-state index >= 15 is 0 Å². The van der Waals surface area contributed by atoms with Gasteiger partial charge in [0.15, 0.2) is 0 Å². The third-order valence-corrected chi connectivity index (χ3v) is 4.20. The van der Waals surface area contributed by atoms with E-state index in [2.05, 4.69) is 63.7 Å². The van der Waals surface area contributed by atoms with Crippen LogP contribution < -0.4 is 10.2 Å². The number of nitrogens with one attached hydrogen (secondary N) is 2. The van der Waals surface area contributed by atoms with Crippen LogP contribution >= 0.6 is 0 Å². The summed E-state index contributed by atoms with van der Waals surface area (Å²) >= 11 is 0. The second-order valence-corrected chi connectivity index (χ2v) is 5.74. The fourth-order valence-electron chi connectivity index (χ4n) is 3.04. The minimum Gasteiger partial charge on any atom is -0.355 e. The van der Waals surface area contributed by atoms with E-state index in [1.54, 1.807) is 0 Å². The van der Waals surface area contributed by atoms with Gasteiger partial charge in [-0.15, -0.1) is 0 Å². The Hall–Kier alpha value is -2.33. The maximum absolute atomic E-state index is 4.87. The van der Waals surface area contributed by atoms with Crippen LogP contribution in [0.2, 0.25) is 0 Å². The van der Waals surface area contributed by atoms with E-state index in [1.807, 2.05) is 0 Å². The van der Waals surface area contributed by atoms with Gasteiger partial charge in [0, 0.05) is 30.5 Å². The van der Waals surface area contributed by atoms with Gasteiger partial charge in [0.05, 0.1) is 11.4 Å². The predicted octanol–water partition coefficient (Wildman–Crippen LogP) is 3.03. The van der Waals surface area contributed by atoms with Gasteiger partial charge in [0.1, 0.15) is 5.82 Å². The minimum absolute atomic E-state index is 1.01. The summed E-state index contributed by atoms with van der Waals surface area (Å²) in [4.78, 5) is 10.7. The van der Waals surface area contributed by atoms with Gasteiger partial charge in [0.25, 0.3) is 0 Å². The van der Waals surface area contributed by atoms with Gasteiger partial charge in [-0.1, -0.05) is 24.3 Å². The van der Waals surface area contributed by atoms with Crippen LogP contribution in [0.15, 0.2) is 48.5 Å². The van der Waals surface area contributed by atoms with Crippen LogP contribution in [-0.4, -0.2) is 36.1 Å². The number of fused-ring (bicyclic) bond motifs is 1. The number of nitrogens with zero attached hydrogens (tertiary/aromatic N) is 2. The number of aromatic amines is 1. The van der Waals surface area contributed by atoms with Crippen molar-refractivity contribution in [2.75, 3.05) is 31.1 Å². The lowest BCUT2D eigenvalue weighted by Crippen LogP contribution is -2.28. The van der Waals surface area contributed by atoms with Crippen LogP contribution in [0.3, 0.4) is 0 Å². The van der Waals surface area contributed by atoms with Crippen LogP contribution in [0.4, 0.5) is 5.82 Å². The second kappa shape index (κ2) is 5.81. The molecule has 0 unspecified atom stereocenters. The van der Waals surface area contributed by atoms with Gasteiger partial charge >= 0.3 is 0 Å². The first kappa shape index (κ1) is 13.3. The summed E-state index contributed by atoms with van der Waals surface area (Å²) in [5.41, 5.74) is 3.24. The molecule has 1 aliphatic rings. The number of rotatable bonds is 2. The van der Waals surface area contributed by atoms with Crippen LogP contribution in [0.1, 0.15) is 6.42 Å². The molecule has 0 radical (unpaired) electrons. The molecule has 2 aromatic heterocycles. The first-order valence-electron chi connectivity index (χ1n) is 7.91. The van der Waals surface area contributed by atoms with Crippen molar-refractivity contribution >= 4 is 16.7 Å². The highest BCUT2D eigenvalue weighted by Crippen LogP contribution is 2.24. The largest absolute Gasteiger partial charge is 0.355 e. The van der Waals surface area contributed by atoms with Crippen molar-refractivity contribution in [3.63, 3.8) is 0 Å². The highest BCUT2D eigenvalue weighted by Gasteiger charge is 2.12. The van der Waals surface area contributed by atoms with E-state index in [1.165, 1.54) is 5.39 Å². The zero-order chi connectivity index (χ0) is 14.8. The number of aromatic nitrogens is 2. The summed E-state index contributed by atoms with van der Waals surface area (Å²) in [5, 5.41) is 4.66. The fraction of sp³-hybridized carbons (Fsp3) is 0.278. The van der Waals surface area contributed by atoms with E-state index in [0.717, 1.165) is 55.3 Å².